The Labute approximate surface area is 139 Å². The van der Waals surface area contributed by atoms with Crippen molar-refractivity contribution >= 4 is 39.9 Å². The van der Waals surface area contributed by atoms with Gasteiger partial charge in [0.1, 0.15) is 5.75 Å². The van der Waals surface area contributed by atoms with Crippen LogP contribution in [0.4, 0.5) is 0 Å². The Morgan fingerprint density at radius 2 is 1.76 bits per heavy atom. The van der Waals surface area contributed by atoms with Crippen LogP contribution in [-0.2, 0) is 21.3 Å². The van der Waals surface area contributed by atoms with Crippen LogP contribution >= 0.6 is 23.2 Å². The second-order valence-corrected chi connectivity index (χ2v) is 7.75. The third-order valence-electron chi connectivity index (χ3n) is 3.02. The van der Waals surface area contributed by atoms with Gasteiger partial charge in [0.2, 0.25) is 5.91 Å². The zero-order chi connectivity index (χ0) is 16.2. The van der Waals surface area contributed by atoms with Crippen molar-refractivity contribution in [3.05, 3.63) is 33.8 Å². The Bertz CT molecular complexity index is 524. The van der Waals surface area contributed by atoms with E-state index in [1.807, 2.05) is 27.7 Å². The topological polar surface area (TPSA) is 37.4 Å². The van der Waals surface area contributed by atoms with Crippen LogP contribution in [-0.4, -0.2) is 32.9 Å². The average molecular weight is 350 g/mol. The fraction of sp³-hybridized carbons (Fsp3) is 0.533. The number of benzene rings is 1. The van der Waals surface area contributed by atoms with Crippen molar-refractivity contribution in [2.24, 2.45) is 0 Å². The fourth-order valence-corrected chi connectivity index (χ4v) is 3.93. The zero-order valence-corrected chi connectivity index (χ0v) is 15.1. The first-order chi connectivity index (χ1) is 9.72. The number of carbonyl (C=O) groups excluding carboxylic acids is 1. The van der Waals surface area contributed by atoms with Crippen LogP contribution < -0.4 is 0 Å². The summed E-state index contributed by atoms with van der Waals surface area (Å²) >= 11 is 11.9. The minimum atomic E-state index is -1.29. The minimum absolute atomic E-state index is 0.00924. The van der Waals surface area contributed by atoms with Crippen LogP contribution in [0.5, 0.6) is 0 Å². The van der Waals surface area contributed by atoms with Gasteiger partial charge in [-0.25, -0.2) is 0 Å². The van der Waals surface area contributed by atoms with E-state index in [2.05, 4.69) is 0 Å². The summed E-state index contributed by atoms with van der Waals surface area (Å²) < 4.78 is 12.2. The van der Waals surface area contributed by atoms with Crippen molar-refractivity contribution in [1.29, 1.82) is 0 Å². The molecule has 0 heterocycles. The summed E-state index contributed by atoms with van der Waals surface area (Å²) in [5.41, 5.74) is 0.743. The van der Waals surface area contributed by atoms with E-state index in [4.69, 9.17) is 23.2 Å². The van der Waals surface area contributed by atoms with E-state index in [-0.39, 0.29) is 29.5 Å². The van der Waals surface area contributed by atoms with E-state index in [1.54, 1.807) is 23.1 Å². The van der Waals surface area contributed by atoms with Gasteiger partial charge in [-0.05, 0) is 45.4 Å². The predicted molar refractivity (Wildman–Crippen MR) is 90.3 cm³/mol. The SMILES string of the molecule is CC(C)N(C(=O)CS(=O)Cc1ccc(Cl)cc1Cl)C(C)C. The van der Waals surface area contributed by atoms with Crippen LogP contribution in [0.15, 0.2) is 18.2 Å². The van der Waals surface area contributed by atoms with Gasteiger partial charge in [-0.2, -0.15) is 0 Å². The summed E-state index contributed by atoms with van der Waals surface area (Å²) in [6, 6.07) is 5.25. The van der Waals surface area contributed by atoms with E-state index in [1.165, 1.54) is 0 Å². The Morgan fingerprint density at radius 1 is 1.19 bits per heavy atom. The molecule has 0 fully saturated rings. The van der Waals surface area contributed by atoms with Crippen molar-refractivity contribution in [1.82, 2.24) is 4.90 Å². The summed E-state index contributed by atoms with van der Waals surface area (Å²) in [6.07, 6.45) is 0. The molecule has 0 aliphatic carbocycles. The zero-order valence-electron chi connectivity index (χ0n) is 12.7. The Kier molecular flexibility index (Phi) is 7.17. The Balaban J connectivity index is 2.70. The molecule has 0 aromatic heterocycles. The molecule has 0 N–H and O–H groups in total. The summed E-state index contributed by atoms with van der Waals surface area (Å²) in [6.45, 7) is 7.82. The molecular formula is C15H21Cl2NO2S. The van der Waals surface area contributed by atoms with Crippen LogP contribution in [0.3, 0.4) is 0 Å². The Hall–Kier alpha value is -0.580. The lowest BCUT2D eigenvalue weighted by Gasteiger charge is -2.30. The molecule has 21 heavy (non-hydrogen) atoms. The number of nitrogens with zero attached hydrogens (tertiary/aromatic N) is 1. The average Bonchev–Trinajstić information content (AvgIpc) is 2.31. The van der Waals surface area contributed by atoms with Crippen LogP contribution in [0.2, 0.25) is 10.0 Å². The molecule has 0 spiro atoms. The van der Waals surface area contributed by atoms with E-state index >= 15 is 0 Å². The molecule has 0 aliphatic rings. The van der Waals surface area contributed by atoms with Gasteiger partial charge in [0.05, 0.1) is 5.75 Å². The molecule has 1 atom stereocenters. The normalized spacial score (nSPS) is 12.8. The highest BCUT2D eigenvalue weighted by atomic mass is 35.5. The third kappa shape index (κ3) is 5.61. The van der Waals surface area contributed by atoms with Crippen molar-refractivity contribution in [3.63, 3.8) is 0 Å². The van der Waals surface area contributed by atoms with Gasteiger partial charge < -0.3 is 4.90 Å². The molecular weight excluding hydrogens is 329 g/mol. The summed E-state index contributed by atoms with van der Waals surface area (Å²) in [7, 11) is -1.29. The van der Waals surface area contributed by atoms with Gasteiger partial charge in [-0.3, -0.25) is 9.00 Å². The molecule has 1 aromatic carbocycles. The molecule has 1 amide bonds. The van der Waals surface area contributed by atoms with Crippen molar-refractivity contribution in [2.45, 2.75) is 45.5 Å². The smallest absolute Gasteiger partial charge is 0.235 e. The van der Waals surface area contributed by atoms with Gasteiger partial charge in [0.15, 0.2) is 0 Å². The molecule has 1 aromatic rings. The van der Waals surface area contributed by atoms with Crippen LogP contribution in [0.1, 0.15) is 33.3 Å². The minimum Gasteiger partial charge on any atom is -0.337 e. The first-order valence-electron chi connectivity index (χ1n) is 6.82. The monoisotopic (exact) mass is 349 g/mol. The highest BCUT2D eigenvalue weighted by Crippen LogP contribution is 2.22. The van der Waals surface area contributed by atoms with Gasteiger partial charge in [0.25, 0.3) is 0 Å². The van der Waals surface area contributed by atoms with Gasteiger partial charge >= 0.3 is 0 Å². The number of hydrogen-bond donors (Lipinski definition) is 0. The first-order valence-corrected chi connectivity index (χ1v) is 9.06. The number of halogens is 2. The maximum Gasteiger partial charge on any atom is 0.235 e. The standard InChI is InChI=1S/C15H21Cl2NO2S/c1-10(2)18(11(3)4)15(19)9-21(20)8-12-5-6-13(16)7-14(12)17/h5-7,10-11H,8-9H2,1-4H3. The van der Waals surface area contributed by atoms with E-state index in [9.17, 15) is 9.00 Å². The lowest BCUT2D eigenvalue weighted by atomic mass is 10.2. The summed E-state index contributed by atoms with van der Waals surface area (Å²) in [5, 5.41) is 1.02. The van der Waals surface area contributed by atoms with Crippen molar-refractivity contribution < 1.29 is 9.00 Å². The molecule has 118 valence electrons. The lowest BCUT2D eigenvalue weighted by molar-refractivity contribution is -0.131. The van der Waals surface area contributed by atoms with Gasteiger partial charge in [-0.1, -0.05) is 29.3 Å². The molecule has 1 unspecified atom stereocenters. The second-order valence-electron chi connectivity index (χ2n) is 5.45. The second kappa shape index (κ2) is 8.16. The molecule has 0 radical (unpaired) electrons. The Morgan fingerprint density at radius 3 is 2.24 bits per heavy atom. The van der Waals surface area contributed by atoms with E-state index in [0.717, 1.165) is 5.56 Å². The van der Waals surface area contributed by atoms with E-state index in [0.29, 0.717) is 10.0 Å². The van der Waals surface area contributed by atoms with Gasteiger partial charge in [-0.15, -0.1) is 0 Å². The molecule has 6 heteroatoms. The van der Waals surface area contributed by atoms with Crippen molar-refractivity contribution in [2.75, 3.05) is 5.75 Å². The number of carbonyl (C=O) groups is 1. The van der Waals surface area contributed by atoms with Crippen LogP contribution in [0, 0.1) is 0 Å². The number of rotatable bonds is 6. The maximum absolute atomic E-state index is 12.2. The molecule has 0 bridgehead atoms. The molecule has 0 saturated carbocycles. The summed E-state index contributed by atoms with van der Waals surface area (Å²) in [4.78, 5) is 14.0. The molecule has 0 aliphatic heterocycles. The first kappa shape index (κ1) is 18.5. The fourth-order valence-electron chi connectivity index (χ4n) is 2.25. The highest BCUT2D eigenvalue weighted by molar-refractivity contribution is 7.84. The maximum atomic E-state index is 12.2. The highest BCUT2D eigenvalue weighted by Gasteiger charge is 2.22. The van der Waals surface area contributed by atoms with E-state index < -0.39 is 10.8 Å². The van der Waals surface area contributed by atoms with Gasteiger partial charge in [0, 0.05) is 32.9 Å². The van der Waals surface area contributed by atoms with Crippen molar-refractivity contribution in [3.8, 4) is 0 Å². The number of hydrogen-bond acceptors (Lipinski definition) is 2. The lowest BCUT2D eigenvalue weighted by Crippen LogP contribution is -2.44. The molecule has 0 saturated heterocycles. The predicted octanol–water partition coefficient (Wildman–Crippen LogP) is 3.89. The van der Waals surface area contributed by atoms with Crippen LogP contribution in [0.25, 0.3) is 0 Å². The largest absolute Gasteiger partial charge is 0.337 e. The molecule has 3 nitrogen and oxygen atoms in total. The summed E-state index contributed by atoms with van der Waals surface area (Å²) in [5.74, 6) is 0.171. The quantitative estimate of drug-likeness (QED) is 0.781. The third-order valence-corrected chi connectivity index (χ3v) is 4.81. The molecule has 1 rings (SSSR count). The number of amides is 1.